The van der Waals surface area contributed by atoms with Crippen LogP contribution in [0.3, 0.4) is 0 Å². The fourth-order valence-electron chi connectivity index (χ4n) is 3.90. The molecule has 0 unspecified atom stereocenters. The molecule has 0 spiro atoms. The summed E-state index contributed by atoms with van der Waals surface area (Å²) < 4.78 is 1.88. The Balaban J connectivity index is 1.68. The van der Waals surface area contributed by atoms with E-state index in [-0.39, 0.29) is 0 Å². The minimum absolute atomic E-state index is 0.325. The Morgan fingerprint density at radius 3 is 2.46 bits per heavy atom. The molecule has 128 valence electrons. The van der Waals surface area contributed by atoms with E-state index in [1.165, 1.54) is 16.7 Å². The maximum Gasteiger partial charge on any atom is 0.303 e. The summed E-state index contributed by atoms with van der Waals surface area (Å²) in [6.45, 7) is 2.16. The zero-order valence-corrected chi connectivity index (χ0v) is 14.5. The van der Waals surface area contributed by atoms with E-state index in [1.54, 1.807) is 0 Å². The van der Waals surface area contributed by atoms with Crippen molar-refractivity contribution in [2.45, 2.75) is 51.4 Å². The van der Waals surface area contributed by atoms with Crippen molar-refractivity contribution in [1.82, 2.24) is 9.78 Å². The highest BCUT2D eigenvalue weighted by atomic mass is 16.4. The molecule has 0 atom stereocenters. The van der Waals surface area contributed by atoms with Crippen molar-refractivity contribution in [3.8, 4) is 11.3 Å². The number of hydrogen-bond acceptors (Lipinski definition) is 2. The first kappa shape index (κ1) is 16.7. The molecular formula is C20H26N2O2. The van der Waals surface area contributed by atoms with Gasteiger partial charge in [-0.2, -0.15) is 5.10 Å². The van der Waals surface area contributed by atoms with E-state index in [2.05, 4.69) is 42.5 Å². The molecule has 1 fully saturated rings. The lowest BCUT2D eigenvalue weighted by Gasteiger charge is -2.28. The van der Waals surface area contributed by atoms with Crippen LogP contribution in [-0.4, -0.2) is 20.9 Å². The maximum absolute atomic E-state index is 10.8. The Morgan fingerprint density at radius 2 is 1.88 bits per heavy atom. The van der Waals surface area contributed by atoms with Gasteiger partial charge < -0.3 is 5.11 Å². The predicted octanol–water partition coefficient (Wildman–Crippen LogP) is 4.40. The van der Waals surface area contributed by atoms with Gasteiger partial charge in [-0.25, -0.2) is 0 Å². The number of aryl methyl sites for hydroxylation is 2. The number of aromatic nitrogens is 2. The zero-order chi connectivity index (χ0) is 17.1. The molecule has 4 heteroatoms. The second-order valence-electron chi connectivity index (χ2n) is 6.97. The minimum atomic E-state index is -0.662. The average molecular weight is 326 g/mol. The van der Waals surface area contributed by atoms with Gasteiger partial charge in [0.2, 0.25) is 0 Å². The molecule has 1 aromatic carbocycles. The Labute approximate surface area is 143 Å². The molecule has 0 radical (unpaired) electrons. The molecule has 0 amide bonds. The summed E-state index contributed by atoms with van der Waals surface area (Å²) in [5, 5.41) is 13.5. The van der Waals surface area contributed by atoms with Crippen LogP contribution in [0.2, 0.25) is 0 Å². The van der Waals surface area contributed by atoms with Gasteiger partial charge in [-0.3, -0.25) is 9.48 Å². The summed E-state index contributed by atoms with van der Waals surface area (Å²) >= 11 is 0. The van der Waals surface area contributed by atoms with E-state index >= 15 is 0 Å². The summed E-state index contributed by atoms with van der Waals surface area (Å²) in [7, 11) is 1.96. The Hall–Kier alpha value is -2.10. The lowest BCUT2D eigenvalue weighted by Crippen LogP contribution is -2.16. The Morgan fingerprint density at radius 1 is 1.21 bits per heavy atom. The van der Waals surface area contributed by atoms with Gasteiger partial charge in [-0.15, -0.1) is 0 Å². The summed E-state index contributed by atoms with van der Waals surface area (Å²) in [6, 6.07) is 8.82. The molecule has 2 aromatic rings. The van der Waals surface area contributed by atoms with Crippen molar-refractivity contribution in [2.24, 2.45) is 13.0 Å². The number of rotatable bonds is 5. The van der Waals surface area contributed by atoms with Crippen molar-refractivity contribution in [2.75, 3.05) is 0 Å². The minimum Gasteiger partial charge on any atom is -0.481 e. The lowest BCUT2D eigenvalue weighted by atomic mass is 9.77. The van der Waals surface area contributed by atoms with Gasteiger partial charge in [0.05, 0.1) is 5.69 Å². The number of benzene rings is 1. The third-order valence-electron chi connectivity index (χ3n) is 5.25. The average Bonchev–Trinajstić information content (AvgIpc) is 2.96. The number of carboxylic acid groups (broad SMARTS) is 1. The Kier molecular flexibility index (Phi) is 5.03. The normalized spacial score (nSPS) is 20.9. The number of hydrogen-bond donors (Lipinski definition) is 1. The summed E-state index contributed by atoms with van der Waals surface area (Å²) in [4.78, 5) is 10.8. The highest BCUT2D eigenvalue weighted by Gasteiger charge is 2.24. The molecule has 1 aromatic heterocycles. The highest BCUT2D eigenvalue weighted by molar-refractivity contribution is 5.67. The topological polar surface area (TPSA) is 55.1 Å². The maximum atomic E-state index is 10.8. The van der Waals surface area contributed by atoms with Crippen LogP contribution in [0.1, 0.15) is 56.1 Å². The van der Waals surface area contributed by atoms with E-state index in [4.69, 9.17) is 5.11 Å². The quantitative estimate of drug-likeness (QED) is 0.886. The molecule has 1 saturated carbocycles. The first-order valence-corrected chi connectivity index (χ1v) is 8.91. The van der Waals surface area contributed by atoms with Gasteiger partial charge in [-0.1, -0.05) is 31.2 Å². The molecular weight excluding hydrogens is 300 g/mol. The molecule has 1 N–H and O–H groups in total. The van der Waals surface area contributed by atoms with Gasteiger partial charge in [-0.05, 0) is 55.1 Å². The molecule has 1 aliphatic carbocycles. The molecule has 1 heterocycles. The standard InChI is InChI=1S/C20H26N2O2/c1-3-15-13-22(2)21-20(15)18-10-8-17(9-11-18)16-6-4-14(5-7-16)12-19(23)24/h8-11,13-14,16H,3-7,12H2,1-2H3,(H,23,24). The third kappa shape index (κ3) is 3.69. The second-order valence-corrected chi connectivity index (χ2v) is 6.97. The highest BCUT2D eigenvalue weighted by Crippen LogP contribution is 2.37. The van der Waals surface area contributed by atoms with Crippen LogP contribution >= 0.6 is 0 Å². The fraction of sp³-hybridized carbons (Fsp3) is 0.500. The van der Waals surface area contributed by atoms with Crippen molar-refractivity contribution in [1.29, 1.82) is 0 Å². The number of nitrogens with zero attached hydrogens (tertiary/aromatic N) is 2. The molecule has 0 aliphatic heterocycles. The molecule has 0 saturated heterocycles. The number of aliphatic carboxylic acids is 1. The lowest BCUT2D eigenvalue weighted by molar-refractivity contribution is -0.138. The summed E-state index contributed by atoms with van der Waals surface area (Å²) in [5.41, 5.74) is 4.91. The molecule has 24 heavy (non-hydrogen) atoms. The molecule has 3 rings (SSSR count). The third-order valence-corrected chi connectivity index (χ3v) is 5.25. The van der Waals surface area contributed by atoms with Crippen LogP contribution in [-0.2, 0) is 18.3 Å². The smallest absolute Gasteiger partial charge is 0.303 e. The van der Waals surface area contributed by atoms with E-state index in [9.17, 15) is 4.79 Å². The van der Waals surface area contributed by atoms with E-state index < -0.39 is 5.97 Å². The molecule has 1 aliphatic rings. The first-order valence-electron chi connectivity index (χ1n) is 8.91. The second kappa shape index (κ2) is 7.20. The van der Waals surface area contributed by atoms with Crippen molar-refractivity contribution < 1.29 is 9.90 Å². The van der Waals surface area contributed by atoms with Crippen LogP contribution in [0.15, 0.2) is 30.5 Å². The van der Waals surface area contributed by atoms with Gasteiger partial charge in [0.25, 0.3) is 0 Å². The van der Waals surface area contributed by atoms with Gasteiger partial charge in [0.15, 0.2) is 0 Å². The van der Waals surface area contributed by atoms with E-state index in [0.29, 0.717) is 18.3 Å². The first-order chi connectivity index (χ1) is 11.6. The van der Waals surface area contributed by atoms with Gasteiger partial charge in [0.1, 0.15) is 0 Å². The predicted molar refractivity (Wildman–Crippen MR) is 95.0 cm³/mol. The number of carboxylic acids is 1. The largest absolute Gasteiger partial charge is 0.481 e. The summed E-state index contributed by atoms with van der Waals surface area (Å²) in [5.74, 6) is 0.266. The molecule has 0 bridgehead atoms. The van der Waals surface area contributed by atoms with Crippen molar-refractivity contribution in [3.05, 3.63) is 41.6 Å². The van der Waals surface area contributed by atoms with Crippen molar-refractivity contribution >= 4 is 5.97 Å². The summed E-state index contributed by atoms with van der Waals surface area (Å²) in [6.07, 6.45) is 7.65. The van der Waals surface area contributed by atoms with Crippen LogP contribution in [0.5, 0.6) is 0 Å². The van der Waals surface area contributed by atoms with Gasteiger partial charge in [0, 0.05) is 25.2 Å². The van der Waals surface area contributed by atoms with Crippen molar-refractivity contribution in [3.63, 3.8) is 0 Å². The van der Waals surface area contributed by atoms with Crippen LogP contribution in [0, 0.1) is 5.92 Å². The van der Waals surface area contributed by atoms with Crippen LogP contribution in [0.25, 0.3) is 11.3 Å². The zero-order valence-electron chi connectivity index (χ0n) is 14.5. The molecule has 4 nitrogen and oxygen atoms in total. The van der Waals surface area contributed by atoms with Gasteiger partial charge >= 0.3 is 5.97 Å². The van der Waals surface area contributed by atoms with Crippen LogP contribution < -0.4 is 0 Å². The SMILES string of the molecule is CCc1cn(C)nc1-c1ccc(C2CCC(CC(=O)O)CC2)cc1. The van der Waals surface area contributed by atoms with E-state index in [0.717, 1.165) is 37.8 Å². The fourth-order valence-corrected chi connectivity index (χ4v) is 3.90. The number of carbonyl (C=O) groups is 1. The monoisotopic (exact) mass is 326 g/mol. The van der Waals surface area contributed by atoms with E-state index in [1.807, 2.05) is 11.7 Å². The Bertz CT molecular complexity index is 695. The van der Waals surface area contributed by atoms with Crippen LogP contribution in [0.4, 0.5) is 0 Å².